The maximum Gasteiger partial charge on any atom is 0.325 e. The molecule has 1 aliphatic rings. The SMILES string of the molecule is Cc1cccc(C)c1OC[C@H](O)CN1C(=O)NC(C)(C)C1=O. The maximum atomic E-state index is 12.0. The molecule has 1 saturated heterocycles. The molecule has 0 bridgehead atoms. The fraction of sp³-hybridized carbons (Fsp3) is 0.500. The Labute approximate surface area is 130 Å². The van der Waals surface area contributed by atoms with Crippen LogP contribution >= 0.6 is 0 Å². The van der Waals surface area contributed by atoms with Gasteiger partial charge in [-0.15, -0.1) is 0 Å². The van der Waals surface area contributed by atoms with Crippen LogP contribution < -0.4 is 10.1 Å². The third-order valence-electron chi connectivity index (χ3n) is 3.67. The van der Waals surface area contributed by atoms with E-state index in [0.29, 0.717) is 0 Å². The number of ether oxygens (including phenoxy) is 1. The molecule has 0 aromatic heterocycles. The maximum absolute atomic E-state index is 12.0. The lowest BCUT2D eigenvalue weighted by Crippen LogP contribution is -2.42. The van der Waals surface area contributed by atoms with E-state index < -0.39 is 17.7 Å². The van der Waals surface area contributed by atoms with E-state index in [4.69, 9.17) is 4.74 Å². The number of aliphatic hydroxyl groups excluding tert-OH is 1. The number of imide groups is 1. The van der Waals surface area contributed by atoms with Crippen molar-refractivity contribution in [3.63, 3.8) is 0 Å². The van der Waals surface area contributed by atoms with E-state index in [1.807, 2.05) is 32.0 Å². The smallest absolute Gasteiger partial charge is 0.325 e. The van der Waals surface area contributed by atoms with Crippen molar-refractivity contribution in [1.82, 2.24) is 10.2 Å². The molecule has 6 heteroatoms. The molecule has 1 aliphatic heterocycles. The van der Waals surface area contributed by atoms with Crippen LogP contribution in [0.2, 0.25) is 0 Å². The highest BCUT2D eigenvalue weighted by Gasteiger charge is 2.44. The zero-order valence-electron chi connectivity index (χ0n) is 13.3. The van der Waals surface area contributed by atoms with Crippen LogP contribution in [0, 0.1) is 13.8 Å². The van der Waals surface area contributed by atoms with Gasteiger partial charge in [-0.3, -0.25) is 9.69 Å². The van der Waals surface area contributed by atoms with Crippen LogP contribution in [0.1, 0.15) is 25.0 Å². The third-order valence-corrected chi connectivity index (χ3v) is 3.67. The molecule has 0 saturated carbocycles. The molecule has 0 aliphatic carbocycles. The number of rotatable bonds is 5. The van der Waals surface area contributed by atoms with Gasteiger partial charge in [0.1, 0.15) is 24.0 Å². The molecule has 120 valence electrons. The molecule has 0 unspecified atom stereocenters. The van der Waals surface area contributed by atoms with Crippen LogP contribution in [-0.4, -0.2) is 46.7 Å². The molecular formula is C16H22N2O4. The quantitative estimate of drug-likeness (QED) is 0.805. The van der Waals surface area contributed by atoms with Gasteiger partial charge in [0.15, 0.2) is 0 Å². The first kappa shape index (κ1) is 16.3. The average Bonchev–Trinajstić information content (AvgIpc) is 2.60. The minimum atomic E-state index is -0.942. The van der Waals surface area contributed by atoms with Crippen molar-refractivity contribution in [3.8, 4) is 5.75 Å². The van der Waals surface area contributed by atoms with E-state index in [-0.39, 0.29) is 19.1 Å². The summed E-state index contributed by atoms with van der Waals surface area (Å²) in [6.45, 7) is 7.05. The normalized spacial score (nSPS) is 18.3. The molecular weight excluding hydrogens is 284 g/mol. The van der Waals surface area contributed by atoms with Gasteiger partial charge in [0.25, 0.3) is 5.91 Å². The van der Waals surface area contributed by atoms with Crippen LogP contribution in [0.4, 0.5) is 4.79 Å². The van der Waals surface area contributed by atoms with Crippen LogP contribution in [0.25, 0.3) is 0 Å². The van der Waals surface area contributed by atoms with E-state index >= 15 is 0 Å². The largest absolute Gasteiger partial charge is 0.490 e. The van der Waals surface area contributed by atoms with Gasteiger partial charge in [-0.25, -0.2) is 4.79 Å². The Balaban J connectivity index is 1.95. The number of nitrogens with one attached hydrogen (secondary N) is 1. The average molecular weight is 306 g/mol. The molecule has 2 rings (SSSR count). The monoisotopic (exact) mass is 306 g/mol. The number of carbonyl (C=O) groups is 2. The van der Waals surface area contributed by atoms with Gasteiger partial charge in [0, 0.05) is 0 Å². The number of β-amino-alcohol motifs (C(OH)–C–C–N with tert-alkyl or cyclic N) is 1. The number of carbonyl (C=O) groups excluding carboxylic acids is 2. The molecule has 0 radical (unpaired) electrons. The van der Waals surface area contributed by atoms with Gasteiger partial charge in [-0.2, -0.15) is 0 Å². The summed E-state index contributed by atoms with van der Waals surface area (Å²) in [5.41, 5.74) is 1.02. The van der Waals surface area contributed by atoms with Gasteiger partial charge in [0.05, 0.1) is 6.54 Å². The van der Waals surface area contributed by atoms with Gasteiger partial charge in [-0.1, -0.05) is 18.2 Å². The lowest BCUT2D eigenvalue weighted by Gasteiger charge is -2.20. The van der Waals surface area contributed by atoms with Gasteiger partial charge < -0.3 is 15.2 Å². The van der Waals surface area contributed by atoms with Crippen molar-refractivity contribution >= 4 is 11.9 Å². The van der Waals surface area contributed by atoms with Crippen LogP contribution in [0.3, 0.4) is 0 Å². The van der Waals surface area contributed by atoms with Gasteiger partial charge >= 0.3 is 6.03 Å². The van der Waals surface area contributed by atoms with Crippen molar-refractivity contribution < 1.29 is 19.4 Å². The van der Waals surface area contributed by atoms with Gasteiger partial charge in [-0.05, 0) is 38.8 Å². The zero-order chi connectivity index (χ0) is 16.5. The highest BCUT2D eigenvalue weighted by molar-refractivity contribution is 6.06. The second kappa shape index (κ2) is 5.96. The summed E-state index contributed by atoms with van der Waals surface area (Å²) < 4.78 is 5.64. The highest BCUT2D eigenvalue weighted by Crippen LogP contribution is 2.23. The van der Waals surface area contributed by atoms with E-state index in [1.54, 1.807) is 13.8 Å². The molecule has 1 atom stereocenters. The molecule has 2 N–H and O–H groups in total. The van der Waals surface area contributed by atoms with Crippen molar-refractivity contribution in [3.05, 3.63) is 29.3 Å². The fourth-order valence-electron chi connectivity index (χ4n) is 2.45. The fourth-order valence-corrected chi connectivity index (χ4v) is 2.45. The van der Waals surface area contributed by atoms with E-state index in [1.165, 1.54) is 0 Å². The Morgan fingerprint density at radius 2 is 1.86 bits per heavy atom. The molecule has 0 spiro atoms. The molecule has 1 aromatic carbocycles. The Hall–Kier alpha value is -2.08. The molecule has 22 heavy (non-hydrogen) atoms. The van der Waals surface area contributed by atoms with Crippen molar-refractivity contribution in [2.24, 2.45) is 0 Å². The lowest BCUT2D eigenvalue weighted by molar-refractivity contribution is -0.131. The highest BCUT2D eigenvalue weighted by atomic mass is 16.5. The first-order chi connectivity index (χ1) is 10.2. The van der Waals surface area contributed by atoms with Crippen molar-refractivity contribution in [2.75, 3.05) is 13.2 Å². The number of benzene rings is 1. The summed E-state index contributed by atoms with van der Waals surface area (Å²) in [6.07, 6.45) is -0.942. The number of hydrogen-bond donors (Lipinski definition) is 2. The van der Waals surface area contributed by atoms with E-state index in [2.05, 4.69) is 5.32 Å². The number of aliphatic hydroxyl groups is 1. The van der Waals surface area contributed by atoms with Gasteiger partial charge in [0.2, 0.25) is 0 Å². The first-order valence-corrected chi connectivity index (χ1v) is 7.23. The Morgan fingerprint density at radius 1 is 1.27 bits per heavy atom. The Morgan fingerprint density at radius 3 is 2.36 bits per heavy atom. The summed E-state index contributed by atoms with van der Waals surface area (Å²) in [4.78, 5) is 24.8. The van der Waals surface area contributed by atoms with Crippen molar-refractivity contribution in [1.29, 1.82) is 0 Å². The summed E-state index contributed by atoms with van der Waals surface area (Å²) in [7, 11) is 0. The molecule has 6 nitrogen and oxygen atoms in total. The standard InChI is InChI=1S/C16H22N2O4/c1-10-6-5-7-11(2)13(10)22-9-12(19)8-18-14(20)16(3,4)17-15(18)21/h5-7,12,19H,8-9H2,1-4H3,(H,17,21)/t12-/m1/s1. The van der Waals surface area contributed by atoms with Crippen LogP contribution in [-0.2, 0) is 4.79 Å². The Kier molecular flexibility index (Phi) is 4.42. The minimum Gasteiger partial charge on any atom is -0.490 e. The third kappa shape index (κ3) is 3.22. The Bertz CT molecular complexity index is 578. The molecule has 1 aromatic rings. The minimum absolute atomic E-state index is 0.0170. The molecule has 3 amide bonds. The predicted octanol–water partition coefficient (Wildman–Crippen LogP) is 1.37. The first-order valence-electron chi connectivity index (χ1n) is 7.23. The van der Waals surface area contributed by atoms with Crippen LogP contribution in [0.5, 0.6) is 5.75 Å². The number of urea groups is 1. The van der Waals surface area contributed by atoms with Crippen LogP contribution in [0.15, 0.2) is 18.2 Å². The topological polar surface area (TPSA) is 78.9 Å². The summed E-state index contributed by atoms with van der Waals surface area (Å²) in [5, 5.41) is 12.6. The predicted molar refractivity (Wildman–Crippen MR) is 81.7 cm³/mol. The second-order valence-corrected chi connectivity index (χ2v) is 6.16. The van der Waals surface area contributed by atoms with E-state index in [0.717, 1.165) is 21.8 Å². The summed E-state index contributed by atoms with van der Waals surface area (Å²) >= 11 is 0. The van der Waals surface area contributed by atoms with E-state index in [9.17, 15) is 14.7 Å². The zero-order valence-corrected chi connectivity index (χ0v) is 13.3. The summed E-state index contributed by atoms with van der Waals surface area (Å²) in [5.74, 6) is 0.378. The second-order valence-electron chi connectivity index (χ2n) is 6.16. The number of nitrogens with zero attached hydrogens (tertiary/aromatic N) is 1. The lowest BCUT2D eigenvalue weighted by atomic mass is 10.1. The molecule has 1 heterocycles. The molecule has 1 fully saturated rings. The number of aryl methyl sites for hydroxylation is 2. The summed E-state index contributed by atoms with van der Waals surface area (Å²) in [6, 6.07) is 5.30. The van der Waals surface area contributed by atoms with Crippen molar-refractivity contribution in [2.45, 2.75) is 39.3 Å². The number of para-hydroxylation sites is 1. The number of hydrogen-bond acceptors (Lipinski definition) is 4. The number of amides is 3.